The molecule has 0 aliphatic carbocycles. The monoisotopic (exact) mass is 280 g/mol. The summed E-state index contributed by atoms with van der Waals surface area (Å²) in [6.45, 7) is 1.59. The quantitative estimate of drug-likeness (QED) is 0.898. The Kier molecular flexibility index (Phi) is 3.64. The van der Waals surface area contributed by atoms with Crippen molar-refractivity contribution in [3.63, 3.8) is 0 Å². The fourth-order valence-electron chi connectivity index (χ4n) is 1.79. The molecule has 2 rings (SSSR count). The van der Waals surface area contributed by atoms with Crippen LogP contribution < -0.4 is 4.72 Å². The minimum atomic E-state index is -3.63. The largest absolute Gasteiger partial charge is 0.389 e. The van der Waals surface area contributed by atoms with Gasteiger partial charge in [0.25, 0.3) is 10.0 Å². The number of anilines is 1. The molecule has 5 nitrogen and oxygen atoms in total. The molecule has 0 radical (unpaired) electrons. The van der Waals surface area contributed by atoms with Crippen molar-refractivity contribution in [2.45, 2.75) is 17.9 Å². The van der Waals surface area contributed by atoms with Gasteiger partial charge >= 0.3 is 0 Å². The maximum Gasteiger partial charge on any atom is 0.263 e. The Bertz CT molecular complexity index is 675. The third kappa shape index (κ3) is 2.97. The number of hydrogen-bond donors (Lipinski definition) is 2. The highest BCUT2D eigenvalue weighted by Crippen LogP contribution is 2.24. The van der Waals surface area contributed by atoms with E-state index in [-0.39, 0.29) is 4.90 Å². The van der Waals surface area contributed by atoms with Crippen LogP contribution >= 0.6 is 0 Å². The average molecular weight is 280 g/mol. The van der Waals surface area contributed by atoms with Gasteiger partial charge in [-0.1, -0.05) is 18.2 Å². The topological polar surface area (TPSA) is 71.3 Å². The second-order valence-electron chi connectivity index (χ2n) is 4.38. The summed E-state index contributed by atoms with van der Waals surface area (Å²) in [5.74, 6) is 0. The molecule has 0 saturated heterocycles. The molecule has 0 amide bonds. The lowest BCUT2D eigenvalue weighted by Gasteiger charge is -2.13. The molecule has 1 atom stereocenters. The highest BCUT2D eigenvalue weighted by molar-refractivity contribution is 7.92. The van der Waals surface area contributed by atoms with Gasteiger partial charge in [0, 0.05) is 25.0 Å². The first-order valence-corrected chi connectivity index (χ1v) is 7.30. The van der Waals surface area contributed by atoms with Crippen molar-refractivity contribution in [2.24, 2.45) is 7.05 Å². The second-order valence-corrected chi connectivity index (χ2v) is 6.06. The first-order valence-electron chi connectivity index (χ1n) is 5.82. The third-order valence-electron chi connectivity index (χ3n) is 2.77. The molecule has 0 bridgehead atoms. The van der Waals surface area contributed by atoms with Crippen LogP contribution in [0.15, 0.2) is 47.6 Å². The molecule has 1 heterocycles. The lowest BCUT2D eigenvalue weighted by Crippen LogP contribution is -2.14. The molecule has 0 saturated carbocycles. The van der Waals surface area contributed by atoms with Crippen LogP contribution in [0.2, 0.25) is 0 Å². The number of sulfonamides is 1. The summed E-state index contributed by atoms with van der Waals surface area (Å²) < 4.78 is 28.5. The van der Waals surface area contributed by atoms with Crippen LogP contribution in [0.4, 0.5) is 5.69 Å². The number of aromatic nitrogens is 1. The molecule has 6 heteroatoms. The predicted molar refractivity (Wildman–Crippen MR) is 73.3 cm³/mol. The highest BCUT2D eigenvalue weighted by atomic mass is 32.2. The molecule has 19 heavy (non-hydrogen) atoms. The Labute approximate surface area is 112 Å². The van der Waals surface area contributed by atoms with Crippen molar-refractivity contribution in [1.82, 2.24) is 4.57 Å². The van der Waals surface area contributed by atoms with E-state index in [2.05, 4.69) is 4.72 Å². The summed E-state index contributed by atoms with van der Waals surface area (Å²) in [5.41, 5.74) is 0.934. The Hall–Kier alpha value is -1.79. The van der Waals surface area contributed by atoms with Crippen LogP contribution in [0.25, 0.3) is 0 Å². The molecule has 1 aromatic carbocycles. The van der Waals surface area contributed by atoms with E-state index in [1.54, 1.807) is 49.0 Å². The maximum atomic E-state index is 12.2. The third-order valence-corrected chi connectivity index (χ3v) is 4.12. The number of benzene rings is 1. The molecule has 102 valence electrons. The van der Waals surface area contributed by atoms with Crippen LogP contribution in [0.1, 0.15) is 18.6 Å². The zero-order valence-corrected chi connectivity index (χ0v) is 11.6. The van der Waals surface area contributed by atoms with Gasteiger partial charge in [0.2, 0.25) is 0 Å². The Balaban J connectivity index is 2.36. The normalized spacial score (nSPS) is 13.2. The molecule has 2 N–H and O–H groups in total. The van der Waals surface area contributed by atoms with E-state index in [1.165, 1.54) is 12.3 Å². The van der Waals surface area contributed by atoms with Crippen molar-refractivity contribution in [1.29, 1.82) is 0 Å². The zero-order chi connectivity index (χ0) is 14.0. The molecule has 0 aliphatic heterocycles. The maximum absolute atomic E-state index is 12.2. The number of nitrogens with one attached hydrogen (secondary N) is 1. The van der Waals surface area contributed by atoms with Gasteiger partial charge in [-0.3, -0.25) is 4.72 Å². The van der Waals surface area contributed by atoms with E-state index < -0.39 is 16.1 Å². The van der Waals surface area contributed by atoms with Crippen LogP contribution in [0, 0.1) is 0 Å². The molecule has 0 aliphatic rings. The summed E-state index contributed by atoms with van der Waals surface area (Å²) >= 11 is 0. The minimum Gasteiger partial charge on any atom is -0.389 e. The number of aliphatic hydroxyl groups is 1. The fourth-order valence-corrected chi connectivity index (χ4v) is 2.93. The summed E-state index contributed by atoms with van der Waals surface area (Å²) in [4.78, 5) is 0.190. The lowest BCUT2D eigenvalue weighted by molar-refractivity contribution is 0.200. The Morgan fingerprint density at radius 1 is 1.26 bits per heavy atom. The number of aliphatic hydroxyl groups excluding tert-OH is 1. The lowest BCUT2D eigenvalue weighted by atomic mass is 10.1. The van der Waals surface area contributed by atoms with Gasteiger partial charge in [-0.15, -0.1) is 0 Å². The van der Waals surface area contributed by atoms with Crippen molar-refractivity contribution in [3.05, 3.63) is 48.3 Å². The molecule has 0 fully saturated rings. The van der Waals surface area contributed by atoms with Crippen LogP contribution in [-0.4, -0.2) is 18.1 Å². The van der Waals surface area contributed by atoms with Crippen LogP contribution in [0.5, 0.6) is 0 Å². The zero-order valence-electron chi connectivity index (χ0n) is 10.7. The van der Waals surface area contributed by atoms with E-state index in [9.17, 15) is 13.5 Å². The fraction of sp³-hybridized carbons (Fsp3) is 0.231. The Morgan fingerprint density at radius 2 is 1.95 bits per heavy atom. The molecular weight excluding hydrogens is 264 g/mol. The Morgan fingerprint density at radius 3 is 2.53 bits per heavy atom. The molecule has 1 unspecified atom stereocenters. The van der Waals surface area contributed by atoms with Crippen LogP contribution in [0.3, 0.4) is 0 Å². The van der Waals surface area contributed by atoms with Gasteiger partial charge < -0.3 is 9.67 Å². The van der Waals surface area contributed by atoms with Gasteiger partial charge in [-0.05, 0) is 19.1 Å². The highest BCUT2D eigenvalue weighted by Gasteiger charge is 2.17. The number of nitrogens with zero attached hydrogens (tertiary/aromatic N) is 1. The van der Waals surface area contributed by atoms with E-state index in [0.717, 1.165) is 0 Å². The van der Waals surface area contributed by atoms with Gasteiger partial charge in [-0.25, -0.2) is 8.42 Å². The molecule has 0 spiro atoms. The standard InChI is InChI=1S/C13H16N2O3S/c1-10(16)12-5-3-4-6-13(12)14-19(17,18)11-7-8-15(2)9-11/h3-10,14,16H,1-2H3. The van der Waals surface area contributed by atoms with Gasteiger partial charge in [0.1, 0.15) is 4.90 Å². The summed E-state index contributed by atoms with van der Waals surface area (Å²) in [7, 11) is -1.88. The first kappa shape index (κ1) is 13.6. The summed E-state index contributed by atoms with van der Waals surface area (Å²) in [6, 6.07) is 8.31. The van der Waals surface area contributed by atoms with Gasteiger partial charge in [-0.2, -0.15) is 0 Å². The van der Waals surface area contributed by atoms with Gasteiger partial charge in [0.05, 0.1) is 11.8 Å². The first-order chi connectivity index (χ1) is 8.90. The van der Waals surface area contributed by atoms with Crippen LogP contribution in [-0.2, 0) is 17.1 Å². The number of para-hydroxylation sites is 1. The SMILES string of the molecule is CC(O)c1ccccc1NS(=O)(=O)c1ccn(C)c1. The van der Waals surface area contributed by atoms with Crippen molar-refractivity contribution in [2.75, 3.05) is 4.72 Å². The minimum absolute atomic E-state index is 0.190. The van der Waals surface area contributed by atoms with E-state index in [0.29, 0.717) is 11.3 Å². The van der Waals surface area contributed by atoms with E-state index in [1.807, 2.05) is 0 Å². The van der Waals surface area contributed by atoms with E-state index >= 15 is 0 Å². The molecular formula is C13H16N2O3S. The number of aryl methyl sites for hydroxylation is 1. The van der Waals surface area contributed by atoms with Crippen molar-refractivity contribution < 1.29 is 13.5 Å². The average Bonchev–Trinajstić information content (AvgIpc) is 2.76. The van der Waals surface area contributed by atoms with E-state index in [4.69, 9.17) is 0 Å². The summed E-state index contributed by atoms with van der Waals surface area (Å²) in [6.07, 6.45) is 2.44. The predicted octanol–water partition coefficient (Wildman–Crippen LogP) is 1.88. The number of rotatable bonds is 4. The second kappa shape index (κ2) is 5.07. The van der Waals surface area contributed by atoms with Crippen molar-refractivity contribution in [3.8, 4) is 0 Å². The number of hydrogen-bond acceptors (Lipinski definition) is 3. The van der Waals surface area contributed by atoms with Crippen molar-refractivity contribution >= 4 is 15.7 Å². The molecule has 2 aromatic rings. The van der Waals surface area contributed by atoms with Gasteiger partial charge in [0.15, 0.2) is 0 Å². The molecule has 1 aromatic heterocycles. The smallest absolute Gasteiger partial charge is 0.263 e. The summed E-state index contributed by atoms with van der Waals surface area (Å²) in [5, 5.41) is 9.64.